The van der Waals surface area contributed by atoms with Crippen LogP contribution >= 0.6 is 0 Å². The van der Waals surface area contributed by atoms with Crippen molar-refractivity contribution in [2.45, 2.75) is 26.2 Å². The smallest absolute Gasteiger partial charge is 0.343 e. The topological polar surface area (TPSA) is 69.9 Å². The van der Waals surface area contributed by atoms with Crippen molar-refractivity contribution in [1.82, 2.24) is 20.2 Å². The zero-order valence-corrected chi connectivity index (χ0v) is 14.6. The van der Waals surface area contributed by atoms with Crippen molar-refractivity contribution in [2.75, 3.05) is 0 Å². The van der Waals surface area contributed by atoms with E-state index in [-0.39, 0.29) is 5.97 Å². The molecule has 132 valence electrons. The fourth-order valence-electron chi connectivity index (χ4n) is 2.39. The van der Waals surface area contributed by atoms with E-state index < -0.39 is 0 Å². The molecule has 0 N–H and O–H groups in total. The van der Waals surface area contributed by atoms with Gasteiger partial charge in [0.05, 0.1) is 11.3 Å². The van der Waals surface area contributed by atoms with Crippen molar-refractivity contribution in [1.29, 1.82) is 0 Å². The molecular formula is C20H20N4O2. The van der Waals surface area contributed by atoms with Gasteiger partial charge >= 0.3 is 5.97 Å². The lowest BCUT2D eigenvalue weighted by atomic mass is 10.1. The van der Waals surface area contributed by atoms with Crippen LogP contribution in [0, 0.1) is 0 Å². The number of carbonyl (C=O) groups is 1. The van der Waals surface area contributed by atoms with Gasteiger partial charge in [0, 0.05) is 0 Å². The Bertz CT molecular complexity index is 854. The number of carbonyl (C=O) groups excluding carboxylic acids is 1. The van der Waals surface area contributed by atoms with Gasteiger partial charge in [-0.25, -0.2) is 9.48 Å². The first-order chi connectivity index (χ1) is 12.8. The highest BCUT2D eigenvalue weighted by Gasteiger charge is 2.09. The molecule has 1 aromatic heterocycles. The Morgan fingerprint density at radius 1 is 1.08 bits per heavy atom. The molecule has 0 amide bonds. The molecule has 0 spiro atoms. The number of esters is 1. The van der Waals surface area contributed by atoms with Crippen LogP contribution in [0.2, 0.25) is 0 Å². The minimum absolute atomic E-state index is 0.381. The molecule has 0 radical (unpaired) electrons. The van der Waals surface area contributed by atoms with Gasteiger partial charge in [0.25, 0.3) is 0 Å². The molecule has 6 heteroatoms. The first-order valence-corrected chi connectivity index (χ1v) is 8.56. The van der Waals surface area contributed by atoms with E-state index in [9.17, 15) is 4.79 Å². The molecule has 0 atom stereocenters. The van der Waals surface area contributed by atoms with E-state index in [1.807, 2.05) is 12.1 Å². The average molecular weight is 348 g/mol. The Hall–Kier alpha value is -3.28. The van der Waals surface area contributed by atoms with Gasteiger partial charge in [-0.3, -0.25) is 0 Å². The Morgan fingerprint density at radius 3 is 2.50 bits per heavy atom. The van der Waals surface area contributed by atoms with Crippen LogP contribution in [0.1, 0.15) is 35.7 Å². The molecule has 0 fully saturated rings. The monoisotopic (exact) mass is 348 g/mol. The number of allylic oxidation sites excluding steroid dienone is 2. The second-order valence-corrected chi connectivity index (χ2v) is 5.80. The summed E-state index contributed by atoms with van der Waals surface area (Å²) in [4.78, 5) is 12.3. The number of aromatic nitrogens is 4. The van der Waals surface area contributed by atoms with Gasteiger partial charge in [-0.2, -0.15) is 0 Å². The van der Waals surface area contributed by atoms with E-state index in [4.69, 9.17) is 4.74 Å². The number of benzene rings is 2. The van der Waals surface area contributed by atoms with E-state index >= 15 is 0 Å². The van der Waals surface area contributed by atoms with Gasteiger partial charge in [-0.05, 0) is 65.2 Å². The predicted octanol–water partition coefficient (Wildman–Crippen LogP) is 3.78. The van der Waals surface area contributed by atoms with Gasteiger partial charge in [0.2, 0.25) is 0 Å². The Labute approximate surface area is 152 Å². The van der Waals surface area contributed by atoms with Gasteiger partial charge in [0.15, 0.2) is 0 Å². The first kappa shape index (κ1) is 17.5. The van der Waals surface area contributed by atoms with Crippen molar-refractivity contribution in [2.24, 2.45) is 0 Å². The normalized spacial score (nSPS) is 11.0. The molecule has 0 saturated carbocycles. The largest absolute Gasteiger partial charge is 0.423 e. The molecule has 1 heterocycles. The standard InChI is InChI=1S/C20H20N4O2/c1-2-3-4-5-6-16-7-9-17(10-8-16)20(25)26-19-13-11-18(12-14-19)24-15-21-22-23-24/h4-5,7-15H,2-3,6H2,1H3/b5-4+. The van der Waals surface area contributed by atoms with Gasteiger partial charge in [-0.15, -0.1) is 5.10 Å². The van der Waals surface area contributed by atoms with Crippen LogP contribution in [-0.2, 0) is 6.42 Å². The average Bonchev–Trinajstić information content (AvgIpc) is 3.21. The van der Waals surface area contributed by atoms with Crippen molar-refractivity contribution in [3.05, 3.63) is 78.1 Å². The minimum Gasteiger partial charge on any atom is -0.423 e. The third-order valence-electron chi connectivity index (χ3n) is 3.83. The predicted molar refractivity (Wildman–Crippen MR) is 98.3 cm³/mol. The Balaban J connectivity index is 1.59. The minimum atomic E-state index is -0.381. The summed E-state index contributed by atoms with van der Waals surface area (Å²) in [7, 11) is 0. The lowest BCUT2D eigenvalue weighted by Crippen LogP contribution is -2.08. The maximum Gasteiger partial charge on any atom is 0.343 e. The van der Waals surface area contributed by atoms with Crippen molar-refractivity contribution < 1.29 is 9.53 Å². The van der Waals surface area contributed by atoms with Crippen LogP contribution in [-0.4, -0.2) is 26.2 Å². The van der Waals surface area contributed by atoms with Gasteiger partial charge in [-0.1, -0.05) is 37.6 Å². The van der Waals surface area contributed by atoms with Crippen molar-refractivity contribution >= 4 is 5.97 Å². The number of hydrogen-bond donors (Lipinski definition) is 0. The van der Waals surface area contributed by atoms with E-state index in [0.29, 0.717) is 11.3 Å². The van der Waals surface area contributed by atoms with Crippen LogP contribution in [0.15, 0.2) is 67.0 Å². The first-order valence-electron chi connectivity index (χ1n) is 8.56. The van der Waals surface area contributed by atoms with Gasteiger partial charge < -0.3 is 4.74 Å². The summed E-state index contributed by atoms with van der Waals surface area (Å²) in [5.41, 5.74) is 2.48. The number of nitrogens with zero attached hydrogens (tertiary/aromatic N) is 4. The Kier molecular flexibility index (Phi) is 5.88. The molecule has 0 bridgehead atoms. The van der Waals surface area contributed by atoms with E-state index in [1.165, 1.54) is 16.6 Å². The third-order valence-corrected chi connectivity index (χ3v) is 3.83. The summed E-state index contributed by atoms with van der Waals surface area (Å²) in [6.45, 7) is 2.16. The summed E-state index contributed by atoms with van der Waals surface area (Å²) >= 11 is 0. The SMILES string of the molecule is CCC/C=C/Cc1ccc(C(=O)Oc2ccc(-n3cnnn3)cc2)cc1. The summed E-state index contributed by atoms with van der Waals surface area (Å²) in [5.74, 6) is 0.0895. The summed E-state index contributed by atoms with van der Waals surface area (Å²) in [6, 6.07) is 14.5. The van der Waals surface area contributed by atoms with Crippen LogP contribution in [0.25, 0.3) is 5.69 Å². The van der Waals surface area contributed by atoms with E-state index in [2.05, 4.69) is 34.6 Å². The van der Waals surface area contributed by atoms with E-state index in [0.717, 1.165) is 24.9 Å². The number of unbranched alkanes of at least 4 members (excludes halogenated alkanes) is 1. The molecular weight excluding hydrogens is 328 g/mol. The van der Waals surface area contributed by atoms with Crippen molar-refractivity contribution in [3.8, 4) is 11.4 Å². The highest BCUT2D eigenvalue weighted by molar-refractivity contribution is 5.91. The fourth-order valence-corrected chi connectivity index (χ4v) is 2.39. The molecule has 26 heavy (non-hydrogen) atoms. The number of rotatable bonds is 7. The molecule has 2 aromatic carbocycles. The number of hydrogen-bond acceptors (Lipinski definition) is 5. The van der Waals surface area contributed by atoms with Crippen LogP contribution in [0.3, 0.4) is 0 Å². The Morgan fingerprint density at radius 2 is 1.85 bits per heavy atom. The zero-order valence-electron chi connectivity index (χ0n) is 14.6. The summed E-state index contributed by atoms with van der Waals surface area (Å²) < 4.78 is 6.94. The molecule has 0 unspecified atom stereocenters. The molecule has 0 saturated heterocycles. The molecule has 0 aliphatic carbocycles. The van der Waals surface area contributed by atoms with Gasteiger partial charge in [0.1, 0.15) is 12.1 Å². The molecule has 0 aliphatic rings. The van der Waals surface area contributed by atoms with E-state index in [1.54, 1.807) is 36.4 Å². The summed E-state index contributed by atoms with van der Waals surface area (Å²) in [5, 5.41) is 11.0. The zero-order chi connectivity index (χ0) is 18.2. The molecule has 3 rings (SSSR count). The second-order valence-electron chi connectivity index (χ2n) is 5.80. The molecule has 0 aliphatic heterocycles. The highest BCUT2D eigenvalue weighted by Crippen LogP contribution is 2.16. The number of tetrazole rings is 1. The number of ether oxygens (including phenoxy) is 1. The fraction of sp³-hybridized carbons (Fsp3) is 0.200. The lowest BCUT2D eigenvalue weighted by Gasteiger charge is -2.06. The summed E-state index contributed by atoms with van der Waals surface area (Å²) in [6.07, 6.45) is 8.95. The lowest BCUT2D eigenvalue weighted by molar-refractivity contribution is 0.0734. The second kappa shape index (κ2) is 8.71. The quantitative estimate of drug-likeness (QED) is 0.369. The third kappa shape index (κ3) is 4.63. The maximum atomic E-state index is 12.3. The van der Waals surface area contributed by atoms with Crippen LogP contribution in [0.5, 0.6) is 5.75 Å². The maximum absolute atomic E-state index is 12.3. The van der Waals surface area contributed by atoms with Crippen LogP contribution < -0.4 is 4.74 Å². The van der Waals surface area contributed by atoms with Crippen LogP contribution in [0.4, 0.5) is 0 Å². The molecule has 3 aromatic rings. The van der Waals surface area contributed by atoms with Crippen molar-refractivity contribution in [3.63, 3.8) is 0 Å². The highest BCUT2D eigenvalue weighted by atomic mass is 16.5. The molecule has 6 nitrogen and oxygen atoms in total.